The lowest BCUT2D eigenvalue weighted by atomic mass is 9.93. The Bertz CT molecular complexity index is 1250. The Hall–Kier alpha value is -2.85. The van der Waals surface area contributed by atoms with Crippen molar-refractivity contribution < 1.29 is 26.0 Å². The molecule has 1 atom stereocenters. The van der Waals surface area contributed by atoms with Crippen molar-refractivity contribution in [2.45, 2.75) is 42.8 Å². The summed E-state index contributed by atoms with van der Waals surface area (Å²) in [6, 6.07) is 11.1. The van der Waals surface area contributed by atoms with Gasteiger partial charge in [-0.1, -0.05) is 12.1 Å². The molecule has 5 nitrogen and oxygen atoms in total. The van der Waals surface area contributed by atoms with Crippen molar-refractivity contribution in [3.8, 4) is 11.3 Å². The molecule has 0 spiro atoms. The van der Waals surface area contributed by atoms with E-state index in [4.69, 9.17) is 0 Å². The quantitative estimate of drug-likeness (QED) is 0.479. The van der Waals surface area contributed by atoms with Gasteiger partial charge in [0.1, 0.15) is 12.1 Å². The minimum atomic E-state index is -4.42. The van der Waals surface area contributed by atoms with Crippen LogP contribution in [0.3, 0.4) is 0 Å². The second-order valence-corrected chi connectivity index (χ2v) is 10.1. The predicted molar refractivity (Wildman–Crippen MR) is 114 cm³/mol. The standard InChI is InChI=1S/C23H21F4N3O2S/c1-22(11-2-12-30(22)33(31,32)20-9-7-18(24)8-10-20)14-19-13-21(29-15-28-19)16-3-5-17(6-4-16)23(25,26)27/h3-10,13,15H,2,11-12,14H2,1H3/t22-/m0/s1. The van der Waals surface area contributed by atoms with Crippen LogP contribution in [0.5, 0.6) is 0 Å². The van der Waals surface area contributed by atoms with Crippen molar-refractivity contribution in [3.63, 3.8) is 0 Å². The Labute approximate surface area is 189 Å². The first kappa shape index (κ1) is 23.3. The summed E-state index contributed by atoms with van der Waals surface area (Å²) in [6.45, 7) is 2.16. The fourth-order valence-electron chi connectivity index (χ4n) is 4.19. The maximum Gasteiger partial charge on any atom is 0.416 e. The van der Waals surface area contributed by atoms with Crippen molar-refractivity contribution in [2.24, 2.45) is 0 Å². The summed E-state index contributed by atoms with van der Waals surface area (Å²) in [5.74, 6) is -0.519. The summed E-state index contributed by atoms with van der Waals surface area (Å²) < 4.78 is 79.7. The zero-order chi connectivity index (χ0) is 23.9. The first-order chi connectivity index (χ1) is 15.5. The molecule has 1 saturated heterocycles. The lowest BCUT2D eigenvalue weighted by Crippen LogP contribution is -2.46. The molecular weight excluding hydrogens is 458 g/mol. The number of aromatic nitrogens is 2. The van der Waals surface area contributed by atoms with Crippen LogP contribution in [0.1, 0.15) is 31.0 Å². The van der Waals surface area contributed by atoms with Crippen LogP contribution in [0.4, 0.5) is 17.6 Å². The largest absolute Gasteiger partial charge is 0.416 e. The molecule has 0 amide bonds. The minimum Gasteiger partial charge on any atom is -0.241 e. The van der Waals surface area contributed by atoms with E-state index >= 15 is 0 Å². The highest BCUT2D eigenvalue weighted by Gasteiger charge is 2.44. The first-order valence-electron chi connectivity index (χ1n) is 10.3. The lowest BCUT2D eigenvalue weighted by Gasteiger charge is -2.34. The Morgan fingerprint density at radius 1 is 1.03 bits per heavy atom. The highest BCUT2D eigenvalue weighted by atomic mass is 32.2. The number of hydrogen-bond donors (Lipinski definition) is 0. The summed E-state index contributed by atoms with van der Waals surface area (Å²) in [4.78, 5) is 8.45. The third kappa shape index (κ3) is 4.77. The van der Waals surface area contributed by atoms with E-state index < -0.39 is 33.1 Å². The molecule has 10 heteroatoms. The molecule has 0 unspecified atom stereocenters. The van der Waals surface area contributed by atoms with Gasteiger partial charge in [-0.05, 0) is 62.2 Å². The van der Waals surface area contributed by atoms with Crippen LogP contribution in [0.2, 0.25) is 0 Å². The van der Waals surface area contributed by atoms with Crippen LogP contribution in [-0.4, -0.2) is 34.8 Å². The minimum absolute atomic E-state index is 0.0187. The lowest BCUT2D eigenvalue weighted by molar-refractivity contribution is -0.137. The van der Waals surface area contributed by atoms with E-state index in [9.17, 15) is 26.0 Å². The zero-order valence-corrected chi connectivity index (χ0v) is 18.5. The van der Waals surface area contributed by atoms with Gasteiger partial charge in [-0.2, -0.15) is 17.5 Å². The monoisotopic (exact) mass is 479 g/mol. The second-order valence-electron chi connectivity index (χ2n) is 8.28. The van der Waals surface area contributed by atoms with Gasteiger partial charge in [0.25, 0.3) is 0 Å². The Kier molecular flexibility index (Phi) is 6.00. The number of benzene rings is 2. The van der Waals surface area contributed by atoms with Gasteiger partial charge >= 0.3 is 6.18 Å². The zero-order valence-electron chi connectivity index (χ0n) is 17.7. The van der Waals surface area contributed by atoms with Gasteiger partial charge in [-0.15, -0.1) is 0 Å². The smallest absolute Gasteiger partial charge is 0.241 e. The molecule has 33 heavy (non-hydrogen) atoms. The summed E-state index contributed by atoms with van der Waals surface area (Å²) in [5.41, 5.74) is 0.00503. The third-order valence-electron chi connectivity index (χ3n) is 5.87. The number of halogens is 4. The molecule has 1 aromatic heterocycles. The highest BCUT2D eigenvalue weighted by Crippen LogP contribution is 2.37. The van der Waals surface area contributed by atoms with E-state index in [1.807, 2.05) is 6.92 Å². The van der Waals surface area contributed by atoms with Crippen LogP contribution in [0, 0.1) is 5.82 Å². The molecule has 4 rings (SSSR count). The van der Waals surface area contributed by atoms with E-state index in [1.54, 1.807) is 6.07 Å². The van der Waals surface area contributed by atoms with Gasteiger partial charge in [0.2, 0.25) is 10.0 Å². The maximum atomic E-state index is 13.3. The number of alkyl halides is 3. The molecule has 174 valence electrons. The Morgan fingerprint density at radius 2 is 1.70 bits per heavy atom. The fraction of sp³-hybridized carbons (Fsp3) is 0.304. The second kappa shape index (κ2) is 8.49. The fourth-order valence-corrected chi connectivity index (χ4v) is 6.03. The van der Waals surface area contributed by atoms with E-state index in [2.05, 4.69) is 9.97 Å². The first-order valence-corrected chi connectivity index (χ1v) is 11.7. The molecule has 2 aromatic carbocycles. The summed E-state index contributed by atoms with van der Waals surface area (Å²) in [6.07, 6.45) is -1.55. The van der Waals surface area contributed by atoms with Gasteiger partial charge in [0.15, 0.2) is 0 Å². The summed E-state index contributed by atoms with van der Waals surface area (Å²) in [5, 5.41) is 0. The molecule has 1 aliphatic rings. The van der Waals surface area contributed by atoms with Gasteiger partial charge in [-0.25, -0.2) is 22.8 Å². The van der Waals surface area contributed by atoms with Crippen molar-refractivity contribution in [2.75, 3.05) is 6.54 Å². The van der Waals surface area contributed by atoms with Crippen LogP contribution in [0.25, 0.3) is 11.3 Å². The molecule has 0 saturated carbocycles. The average molecular weight is 479 g/mol. The molecular formula is C23H21F4N3O2S. The number of nitrogens with zero attached hydrogens (tertiary/aromatic N) is 3. The molecule has 1 aliphatic heterocycles. The van der Waals surface area contributed by atoms with Crippen LogP contribution in [-0.2, 0) is 22.6 Å². The highest BCUT2D eigenvalue weighted by molar-refractivity contribution is 7.89. The summed E-state index contributed by atoms with van der Waals surface area (Å²) >= 11 is 0. The van der Waals surface area contributed by atoms with E-state index in [0.717, 1.165) is 24.3 Å². The van der Waals surface area contributed by atoms with Gasteiger partial charge < -0.3 is 0 Å². The van der Waals surface area contributed by atoms with Crippen LogP contribution < -0.4 is 0 Å². The van der Waals surface area contributed by atoms with Crippen molar-refractivity contribution in [1.82, 2.24) is 14.3 Å². The van der Waals surface area contributed by atoms with E-state index in [1.165, 1.54) is 34.9 Å². The predicted octanol–water partition coefficient (Wildman–Crippen LogP) is 5.09. The van der Waals surface area contributed by atoms with Gasteiger partial charge in [0, 0.05) is 29.8 Å². The average Bonchev–Trinajstić information content (AvgIpc) is 3.15. The van der Waals surface area contributed by atoms with Crippen molar-refractivity contribution in [1.29, 1.82) is 0 Å². The molecule has 0 radical (unpaired) electrons. The molecule has 0 bridgehead atoms. The Morgan fingerprint density at radius 3 is 2.33 bits per heavy atom. The molecule has 1 fully saturated rings. The van der Waals surface area contributed by atoms with Gasteiger partial charge in [-0.3, -0.25) is 0 Å². The van der Waals surface area contributed by atoms with E-state index in [-0.39, 0.29) is 4.90 Å². The van der Waals surface area contributed by atoms with E-state index in [0.29, 0.717) is 42.8 Å². The SMILES string of the molecule is C[C@@]1(Cc2cc(-c3ccc(C(F)(F)F)cc3)ncn2)CCCN1S(=O)(=O)c1ccc(F)cc1. The Balaban J connectivity index is 1.60. The summed E-state index contributed by atoms with van der Waals surface area (Å²) in [7, 11) is -3.85. The number of sulfonamides is 1. The topological polar surface area (TPSA) is 63.2 Å². The molecule has 2 heterocycles. The molecule has 0 aliphatic carbocycles. The van der Waals surface area contributed by atoms with Crippen molar-refractivity contribution in [3.05, 3.63) is 78.0 Å². The van der Waals surface area contributed by atoms with Crippen molar-refractivity contribution >= 4 is 10.0 Å². The van der Waals surface area contributed by atoms with Crippen LogP contribution in [0.15, 0.2) is 65.8 Å². The third-order valence-corrected chi connectivity index (χ3v) is 7.95. The number of rotatable bonds is 5. The maximum absolute atomic E-state index is 13.3. The normalized spacial score (nSPS) is 19.7. The molecule has 3 aromatic rings. The number of hydrogen-bond acceptors (Lipinski definition) is 4. The van der Waals surface area contributed by atoms with Gasteiger partial charge in [0.05, 0.1) is 16.2 Å². The molecule has 0 N–H and O–H groups in total. The van der Waals surface area contributed by atoms with Crippen LogP contribution >= 0.6 is 0 Å².